The molecule has 0 unspecified atom stereocenters. The maximum atomic E-state index is 14.7. The van der Waals surface area contributed by atoms with Crippen LogP contribution in [0.4, 0.5) is 4.39 Å². The van der Waals surface area contributed by atoms with Crippen LogP contribution >= 0.6 is 0 Å². The lowest BCUT2D eigenvalue weighted by Crippen LogP contribution is -2.41. The number of aromatic nitrogens is 2. The summed E-state index contributed by atoms with van der Waals surface area (Å²) in [6.45, 7) is 4.58. The molecule has 0 spiro atoms. The topological polar surface area (TPSA) is 103 Å². The van der Waals surface area contributed by atoms with E-state index in [-0.39, 0.29) is 30.1 Å². The van der Waals surface area contributed by atoms with Gasteiger partial charge >= 0.3 is 0 Å². The fourth-order valence-corrected chi connectivity index (χ4v) is 4.81. The van der Waals surface area contributed by atoms with Crippen molar-refractivity contribution >= 4 is 17.6 Å². The van der Waals surface area contributed by atoms with E-state index in [9.17, 15) is 23.6 Å². The molecule has 0 bridgehead atoms. The number of amides is 2. The minimum atomic E-state index is -0.609. The quantitative estimate of drug-likeness (QED) is 0.659. The predicted octanol–water partition coefficient (Wildman–Crippen LogP) is 2.28. The fraction of sp³-hybridized carbons (Fsp3) is 0.500. The van der Waals surface area contributed by atoms with E-state index in [2.05, 4.69) is 10.2 Å². The molecule has 0 saturated carbocycles. The largest absolute Gasteiger partial charge is 0.337 e. The van der Waals surface area contributed by atoms with Crippen molar-refractivity contribution in [1.82, 2.24) is 20.0 Å². The summed E-state index contributed by atoms with van der Waals surface area (Å²) in [6, 6.07) is 4.47. The van der Waals surface area contributed by atoms with Crippen LogP contribution in [-0.4, -0.2) is 63.8 Å². The smallest absolute Gasteiger partial charge is 0.290 e. The van der Waals surface area contributed by atoms with E-state index < -0.39 is 23.4 Å². The van der Waals surface area contributed by atoms with E-state index in [0.29, 0.717) is 25.9 Å². The molecule has 1 aromatic carbocycles. The van der Waals surface area contributed by atoms with Gasteiger partial charge in [-0.25, -0.2) is 9.49 Å². The molecule has 1 N–H and O–H groups in total. The van der Waals surface area contributed by atoms with Gasteiger partial charge in [-0.1, -0.05) is 19.9 Å². The Morgan fingerprint density at radius 1 is 1.00 bits per heavy atom. The normalized spacial score (nSPS) is 16.1. The highest BCUT2D eigenvalue weighted by Gasteiger charge is 2.28. The molecule has 2 heterocycles. The first-order chi connectivity index (χ1) is 16.8. The highest BCUT2D eigenvalue weighted by molar-refractivity contribution is 6.36. The number of nitrogens with one attached hydrogen (secondary N) is 1. The lowest BCUT2D eigenvalue weighted by Gasteiger charge is -2.23. The first-order valence-corrected chi connectivity index (χ1v) is 12.3. The number of ketones is 1. The second-order valence-corrected chi connectivity index (χ2v) is 9.61. The minimum absolute atomic E-state index is 0.0289. The summed E-state index contributed by atoms with van der Waals surface area (Å²) in [7, 11) is 0. The summed E-state index contributed by atoms with van der Waals surface area (Å²) in [5.41, 5.74) is 3.05. The van der Waals surface area contributed by atoms with Crippen LogP contribution in [0.1, 0.15) is 65.9 Å². The van der Waals surface area contributed by atoms with Crippen molar-refractivity contribution in [1.29, 1.82) is 0 Å². The first-order valence-electron chi connectivity index (χ1n) is 12.3. The number of nitrogens with zero attached hydrogens (tertiary/aromatic N) is 3. The molecule has 1 aliphatic heterocycles. The molecule has 9 heteroatoms. The Morgan fingerprint density at radius 2 is 1.69 bits per heavy atom. The van der Waals surface area contributed by atoms with Crippen LogP contribution in [-0.2, 0) is 28.9 Å². The summed E-state index contributed by atoms with van der Waals surface area (Å²) in [6.07, 6.45) is 4.38. The molecule has 2 aliphatic rings. The number of hydrogen-bond donors (Lipinski definition) is 1. The molecule has 4 rings (SSSR count). The predicted molar refractivity (Wildman–Crippen MR) is 128 cm³/mol. The second-order valence-electron chi connectivity index (χ2n) is 9.61. The van der Waals surface area contributed by atoms with Gasteiger partial charge in [0.1, 0.15) is 5.82 Å². The molecule has 0 atom stereocenters. The Balaban J connectivity index is 1.50. The average molecular weight is 483 g/mol. The van der Waals surface area contributed by atoms with Crippen molar-refractivity contribution in [2.75, 3.05) is 26.2 Å². The van der Waals surface area contributed by atoms with Gasteiger partial charge in [-0.3, -0.25) is 19.2 Å². The molecule has 2 aromatic rings. The number of rotatable bonds is 5. The molecule has 35 heavy (non-hydrogen) atoms. The van der Waals surface area contributed by atoms with Crippen molar-refractivity contribution in [2.24, 2.45) is 5.92 Å². The summed E-state index contributed by atoms with van der Waals surface area (Å²) in [5, 5.41) is 6.82. The average Bonchev–Trinajstić information content (AvgIpc) is 3.12. The lowest BCUT2D eigenvalue weighted by atomic mass is 9.90. The number of fused-ring (bicyclic) bond motifs is 1. The van der Waals surface area contributed by atoms with Crippen molar-refractivity contribution in [3.05, 3.63) is 62.3 Å². The van der Waals surface area contributed by atoms with Gasteiger partial charge in [-0.2, -0.15) is 5.10 Å². The first kappa shape index (κ1) is 24.8. The molecular weight excluding hydrogens is 451 g/mol. The third kappa shape index (κ3) is 5.33. The van der Waals surface area contributed by atoms with E-state index in [1.54, 1.807) is 26.0 Å². The van der Waals surface area contributed by atoms with Gasteiger partial charge in [0.2, 0.25) is 5.78 Å². The Labute approximate surface area is 203 Å². The van der Waals surface area contributed by atoms with Gasteiger partial charge in [-0.05, 0) is 55.4 Å². The number of hydrogen-bond acceptors (Lipinski definition) is 5. The van der Waals surface area contributed by atoms with E-state index in [4.69, 9.17) is 0 Å². The molecule has 1 saturated heterocycles. The zero-order chi connectivity index (χ0) is 25.1. The van der Waals surface area contributed by atoms with Crippen LogP contribution in [0.3, 0.4) is 0 Å². The van der Waals surface area contributed by atoms with Gasteiger partial charge in [0.05, 0.1) is 11.3 Å². The van der Waals surface area contributed by atoms with Crippen LogP contribution in [0, 0.1) is 11.7 Å². The van der Waals surface area contributed by atoms with Crippen LogP contribution < -0.4 is 5.56 Å². The van der Waals surface area contributed by atoms with Crippen molar-refractivity contribution in [3.63, 3.8) is 0 Å². The summed E-state index contributed by atoms with van der Waals surface area (Å²) in [5.74, 6) is -2.41. The molecular formula is C26H31FN4O4. The number of Topliss-reactive ketones (excluding diaryl/α,β-unsaturated/α-hetero) is 1. The standard InChI is InChI=1S/C26H31FN4O4/c1-16(2)23(32)26(35)31-11-5-10-30(12-13-31)25(34)20-14-17(8-9-21(20)27)15-22-18-6-3-4-7-19(18)24(33)29-28-22/h8-9,14,16H,3-7,10-13,15H2,1-2H3,(H,29,33). The van der Waals surface area contributed by atoms with Crippen LogP contribution in [0.2, 0.25) is 0 Å². The summed E-state index contributed by atoms with van der Waals surface area (Å²) >= 11 is 0. The van der Waals surface area contributed by atoms with E-state index in [1.165, 1.54) is 15.9 Å². The highest BCUT2D eigenvalue weighted by Crippen LogP contribution is 2.23. The minimum Gasteiger partial charge on any atom is -0.337 e. The van der Waals surface area contributed by atoms with Gasteiger partial charge < -0.3 is 9.80 Å². The number of halogens is 1. The maximum absolute atomic E-state index is 14.7. The number of aromatic amines is 1. The molecule has 186 valence electrons. The van der Waals surface area contributed by atoms with Crippen molar-refractivity contribution < 1.29 is 18.8 Å². The van der Waals surface area contributed by atoms with E-state index in [1.807, 2.05) is 0 Å². The molecule has 1 aromatic heterocycles. The van der Waals surface area contributed by atoms with Gasteiger partial charge in [0.15, 0.2) is 0 Å². The summed E-state index contributed by atoms with van der Waals surface area (Å²) < 4.78 is 14.7. The van der Waals surface area contributed by atoms with Crippen LogP contribution in [0.25, 0.3) is 0 Å². The van der Waals surface area contributed by atoms with E-state index >= 15 is 0 Å². The monoisotopic (exact) mass is 482 g/mol. The third-order valence-electron chi connectivity index (χ3n) is 6.82. The van der Waals surface area contributed by atoms with Crippen molar-refractivity contribution in [3.8, 4) is 0 Å². The zero-order valence-electron chi connectivity index (χ0n) is 20.2. The molecule has 2 amide bonds. The summed E-state index contributed by atoms with van der Waals surface area (Å²) in [4.78, 5) is 52.9. The molecule has 1 aliphatic carbocycles. The van der Waals surface area contributed by atoms with Crippen LogP contribution in [0.5, 0.6) is 0 Å². The third-order valence-corrected chi connectivity index (χ3v) is 6.82. The Hall–Kier alpha value is -3.36. The fourth-order valence-electron chi connectivity index (χ4n) is 4.81. The molecule has 8 nitrogen and oxygen atoms in total. The highest BCUT2D eigenvalue weighted by atomic mass is 19.1. The zero-order valence-corrected chi connectivity index (χ0v) is 20.2. The number of H-pyrrole nitrogens is 1. The Morgan fingerprint density at radius 3 is 2.43 bits per heavy atom. The van der Waals surface area contributed by atoms with E-state index in [0.717, 1.165) is 48.1 Å². The maximum Gasteiger partial charge on any atom is 0.290 e. The van der Waals surface area contributed by atoms with Gasteiger partial charge in [0.25, 0.3) is 17.4 Å². The molecule has 0 radical (unpaired) electrons. The van der Waals surface area contributed by atoms with Crippen molar-refractivity contribution in [2.45, 2.75) is 52.4 Å². The second kappa shape index (κ2) is 10.5. The Kier molecular flexibility index (Phi) is 7.42. The van der Waals surface area contributed by atoms with Gasteiger partial charge in [0, 0.05) is 44.1 Å². The van der Waals surface area contributed by atoms with Gasteiger partial charge in [-0.15, -0.1) is 0 Å². The lowest BCUT2D eigenvalue weighted by molar-refractivity contribution is -0.146. The Bertz CT molecular complexity index is 1210. The SMILES string of the molecule is CC(C)C(=O)C(=O)N1CCCN(C(=O)c2cc(Cc3n[nH]c(=O)c4c3CCCC4)ccc2F)CC1. The van der Waals surface area contributed by atoms with Crippen LogP contribution in [0.15, 0.2) is 23.0 Å². The number of carbonyl (C=O) groups is 3. The number of benzene rings is 1. The number of carbonyl (C=O) groups excluding carboxylic acids is 3. The molecule has 1 fully saturated rings.